The van der Waals surface area contributed by atoms with Gasteiger partial charge in [-0.3, -0.25) is 14.5 Å². The number of carbonyl (C=O) groups is 1. The molecule has 238 valence electrons. The number of methoxy groups -OCH3 is 2. The Morgan fingerprint density at radius 2 is 1.80 bits per heavy atom. The summed E-state index contributed by atoms with van der Waals surface area (Å²) in [5.41, 5.74) is 3.31. The predicted octanol–water partition coefficient (Wildman–Crippen LogP) is 4.55. The fourth-order valence-corrected chi connectivity index (χ4v) is 6.32. The maximum absolute atomic E-state index is 12.5. The molecule has 45 heavy (non-hydrogen) atoms. The molecule has 2 N–H and O–H groups in total. The Bertz CT molecular complexity index is 1490. The maximum Gasteiger partial charge on any atom is 0.247 e. The van der Waals surface area contributed by atoms with E-state index in [-0.39, 0.29) is 11.9 Å². The van der Waals surface area contributed by atoms with Crippen LogP contribution in [0.5, 0.6) is 11.5 Å². The number of morpholine rings is 1. The van der Waals surface area contributed by atoms with Crippen LogP contribution in [0.15, 0.2) is 61.4 Å². The number of hydrogen-bond donors (Lipinski definition) is 2. The molecule has 3 aliphatic heterocycles. The first-order chi connectivity index (χ1) is 22.1. The van der Waals surface area contributed by atoms with E-state index in [2.05, 4.69) is 43.0 Å². The SMILES string of the molecule is C=CC(=O)Nc1cc(Nc2cc(N3OCCC3c3cccc(OC)c3)ncn2)c(OC)cc1N1CCC(N2CCOCC2)CC1. The van der Waals surface area contributed by atoms with Crippen LogP contribution in [0.1, 0.15) is 30.9 Å². The molecule has 6 rings (SSSR count). The highest BCUT2D eigenvalue weighted by atomic mass is 16.7. The molecule has 2 aromatic carbocycles. The molecule has 0 saturated carbocycles. The zero-order valence-electron chi connectivity index (χ0n) is 25.9. The molecule has 3 aromatic rings. The number of piperidine rings is 1. The van der Waals surface area contributed by atoms with Gasteiger partial charge in [-0.05, 0) is 42.7 Å². The summed E-state index contributed by atoms with van der Waals surface area (Å²) >= 11 is 0. The van der Waals surface area contributed by atoms with Crippen molar-refractivity contribution in [2.24, 2.45) is 0 Å². The van der Waals surface area contributed by atoms with Crippen LogP contribution in [0.4, 0.5) is 28.7 Å². The second-order valence-electron chi connectivity index (χ2n) is 11.3. The van der Waals surface area contributed by atoms with Gasteiger partial charge in [-0.25, -0.2) is 15.0 Å². The monoisotopic (exact) mass is 615 g/mol. The van der Waals surface area contributed by atoms with Gasteiger partial charge in [0, 0.05) is 50.8 Å². The molecule has 0 radical (unpaired) electrons. The van der Waals surface area contributed by atoms with Crippen LogP contribution in [-0.4, -0.2) is 87.0 Å². The zero-order valence-corrected chi connectivity index (χ0v) is 25.9. The lowest BCUT2D eigenvalue weighted by atomic mass is 10.0. The normalized spacial score (nSPS) is 19.3. The minimum atomic E-state index is -0.283. The highest BCUT2D eigenvalue weighted by Crippen LogP contribution is 2.41. The van der Waals surface area contributed by atoms with E-state index in [4.69, 9.17) is 19.0 Å². The number of nitrogens with zero attached hydrogens (tertiary/aromatic N) is 5. The average molecular weight is 616 g/mol. The van der Waals surface area contributed by atoms with Gasteiger partial charge in [-0.15, -0.1) is 0 Å². The molecular weight excluding hydrogens is 574 g/mol. The first-order valence-corrected chi connectivity index (χ1v) is 15.4. The van der Waals surface area contributed by atoms with Crippen molar-refractivity contribution in [1.82, 2.24) is 14.9 Å². The number of nitrogens with one attached hydrogen (secondary N) is 2. The van der Waals surface area contributed by atoms with Gasteiger partial charge >= 0.3 is 0 Å². The molecule has 0 aliphatic carbocycles. The topological polar surface area (TPSA) is 114 Å². The van der Waals surface area contributed by atoms with E-state index in [1.54, 1.807) is 14.2 Å². The van der Waals surface area contributed by atoms with E-state index >= 15 is 0 Å². The Morgan fingerprint density at radius 1 is 0.978 bits per heavy atom. The number of anilines is 5. The van der Waals surface area contributed by atoms with Crippen LogP contribution in [0.3, 0.4) is 0 Å². The number of ether oxygens (including phenoxy) is 3. The van der Waals surface area contributed by atoms with Crippen LogP contribution < -0.4 is 30.1 Å². The zero-order chi connectivity index (χ0) is 31.2. The molecule has 0 bridgehead atoms. The molecule has 3 aliphatic rings. The molecule has 1 atom stereocenters. The Morgan fingerprint density at radius 3 is 2.56 bits per heavy atom. The summed E-state index contributed by atoms with van der Waals surface area (Å²) in [5.74, 6) is 2.31. The fraction of sp³-hybridized carbons (Fsp3) is 0.424. The van der Waals surface area contributed by atoms with Crippen LogP contribution in [-0.2, 0) is 14.4 Å². The number of rotatable bonds is 10. The van der Waals surface area contributed by atoms with E-state index in [0.29, 0.717) is 41.4 Å². The first kappa shape index (κ1) is 30.6. The minimum Gasteiger partial charge on any atom is -0.497 e. The van der Waals surface area contributed by atoms with Crippen LogP contribution in [0, 0.1) is 0 Å². The number of aromatic nitrogens is 2. The van der Waals surface area contributed by atoms with Crippen molar-refractivity contribution in [2.75, 3.05) is 80.8 Å². The third-order valence-corrected chi connectivity index (χ3v) is 8.65. The lowest BCUT2D eigenvalue weighted by Crippen LogP contribution is -2.49. The third-order valence-electron chi connectivity index (χ3n) is 8.65. The van der Waals surface area contributed by atoms with Crippen LogP contribution >= 0.6 is 0 Å². The van der Waals surface area contributed by atoms with Gasteiger partial charge in [0.05, 0.1) is 57.1 Å². The number of hydrogen-bond acceptors (Lipinski definition) is 11. The van der Waals surface area contributed by atoms with E-state index in [9.17, 15) is 4.79 Å². The Balaban J connectivity index is 1.23. The van der Waals surface area contributed by atoms with Gasteiger partial charge in [0.25, 0.3) is 0 Å². The maximum atomic E-state index is 12.5. The summed E-state index contributed by atoms with van der Waals surface area (Å²) in [7, 11) is 3.30. The molecule has 0 spiro atoms. The van der Waals surface area contributed by atoms with Gasteiger partial charge in [-0.1, -0.05) is 18.7 Å². The van der Waals surface area contributed by atoms with E-state index in [1.165, 1.54) is 12.4 Å². The van der Waals surface area contributed by atoms with E-state index in [1.807, 2.05) is 41.5 Å². The number of carbonyl (C=O) groups excluding carboxylic acids is 1. The molecule has 1 amide bonds. The third kappa shape index (κ3) is 6.98. The summed E-state index contributed by atoms with van der Waals surface area (Å²) < 4.78 is 16.8. The number of hydroxylamine groups is 1. The van der Waals surface area contributed by atoms with Gasteiger partial charge in [0.15, 0.2) is 5.82 Å². The fourth-order valence-electron chi connectivity index (χ4n) is 6.32. The molecule has 12 heteroatoms. The van der Waals surface area contributed by atoms with Crippen molar-refractivity contribution < 1.29 is 23.8 Å². The van der Waals surface area contributed by atoms with Crippen molar-refractivity contribution in [3.05, 3.63) is 67.0 Å². The standard InChI is InChI=1S/C33H41N7O5/c1-4-33(41)37-26-19-27(30(43-3)20-29(26)39-11-8-24(9-12-39)38-13-16-44-17-14-38)36-31-21-32(35-22-34-31)40-28(10-15-45-40)23-6-5-7-25(18-23)42-2/h4-7,18-22,24,28H,1,8-17H2,2-3H3,(H,37,41)(H,34,35,36). The van der Waals surface area contributed by atoms with E-state index < -0.39 is 0 Å². The van der Waals surface area contributed by atoms with Gasteiger partial charge < -0.3 is 29.7 Å². The lowest BCUT2D eigenvalue weighted by molar-refractivity contribution is -0.111. The first-order valence-electron chi connectivity index (χ1n) is 15.4. The van der Waals surface area contributed by atoms with Crippen molar-refractivity contribution >= 4 is 34.6 Å². The quantitative estimate of drug-likeness (QED) is 0.313. The second-order valence-corrected chi connectivity index (χ2v) is 11.3. The smallest absolute Gasteiger partial charge is 0.247 e. The molecule has 1 aromatic heterocycles. The number of amides is 1. The average Bonchev–Trinajstić information content (AvgIpc) is 3.59. The van der Waals surface area contributed by atoms with Gasteiger partial charge in [0.2, 0.25) is 5.91 Å². The van der Waals surface area contributed by atoms with Crippen LogP contribution in [0.2, 0.25) is 0 Å². The Kier molecular flexibility index (Phi) is 9.63. The molecule has 3 fully saturated rings. The Labute approximate surface area is 263 Å². The largest absolute Gasteiger partial charge is 0.497 e. The summed E-state index contributed by atoms with van der Waals surface area (Å²) in [6.07, 6.45) is 5.66. The molecule has 1 unspecified atom stereocenters. The minimum absolute atomic E-state index is 0.0234. The molecule has 12 nitrogen and oxygen atoms in total. The van der Waals surface area contributed by atoms with Crippen molar-refractivity contribution in [2.45, 2.75) is 31.3 Å². The van der Waals surface area contributed by atoms with Gasteiger partial charge in [0.1, 0.15) is 23.6 Å². The lowest BCUT2D eigenvalue weighted by Gasteiger charge is -2.41. The summed E-state index contributed by atoms with van der Waals surface area (Å²) in [6, 6.07) is 14.2. The van der Waals surface area contributed by atoms with Crippen molar-refractivity contribution in [1.29, 1.82) is 0 Å². The van der Waals surface area contributed by atoms with Crippen molar-refractivity contribution in [3.63, 3.8) is 0 Å². The summed E-state index contributed by atoms with van der Waals surface area (Å²) in [5, 5.41) is 8.20. The van der Waals surface area contributed by atoms with Crippen LogP contribution in [0.25, 0.3) is 0 Å². The predicted molar refractivity (Wildman–Crippen MR) is 174 cm³/mol. The second kappa shape index (κ2) is 14.1. The molecular formula is C33H41N7O5. The van der Waals surface area contributed by atoms with Gasteiger partial charge in [-0.2, -0.15) is 0 Å². The summed E-state index contributed by atoms with van der Waals surface area (Å²) in [4.78, 5) is 32.4. The number of benzene rings is 2. The molecule has 3 saturated heterocycles. The van der Waals surface area contributed by atoms with Crippen molar-refractivity contribution in [3.8, 4) is 11.5 Å². The highest BCUT2D eigenvalue weighted by Gasteiger charge is 2.30. The highest BCUT2D eigenvalue weighted by molar-refractivity contribution is 6.02. The summed E-state index contributed by atoms with van der Waals surface area (Å²) in [6.45, 7) is 9.51. The molecule has 4 heterocycles. The van der Waals surface area contributed by atoms with E-state index in [0.717, 1.165) is 75.7 Å². The Hall–Kier alpha value is -4.39.